The maximum Gasteiger partial charge on any atom is 0.269 e. The molecular weight excluding hydrogens is 449 g/mol. The predicted molar refractivity (Wildman–Crippen MR) is 122 cm³/mol. The number of carbonyl (C=O) groups is 1. The van der Waals surface area contributed by atoms with Gasteiger partial charge in [0.2, 0.25) is 5.91 Å². The Kier molecular flexibility index (Phi) is 6.45. The summed E-state index contributed by atoms with van der Waals surface area (Å²) in [5, 5.41) is 14.4. The second-order valence-electron chi connectivity index (χ2n) is 8.29. The monoisotopic (exact) mass is 474 g/mol. The van der Waals surface area contributed by atoms with E-state index in [-0.39, 0.29) is 17.0 Å². The molecule has 3 heterocycles. The van der Waals surface area contributed by atoms with Crippen molar-refractivity contribution in [3.63, 3.8) is 0 Å². The van der Waals surface area contributed by atoms with Gasteiger partial charge in [0.25, 0.3) is 12.0 Å². The van der Waals surface area contributed by atoms with E-state index < -0.39 is 23.8 Å². The Morgan fingerprint density at radius 1 is 1.09 bits per heavy atom. The SMILES string of the molecule is CC(=O)N1CCN(n2cc3c(N[C@H](C)c4cccc(C(F)F)c4F)nnc(C)c3cc2=O)CC1. The van der Waals surface area contributed by atoms with E-state index in [1.54, 1.807) is 24.9 Å². The molecule has 1 saturated heterocycles. The van der Waals surface area contributed by atoms with Gasteiger partial charge in [-0.2, -0.15) is 5.10 Å². The predicted octanol–water partition coefficient (Wildman–Crippen LogP) is 3.15. The highest BCUT2D eigenvalue weighted by molar-refractivity contribution is 5.92. The van der Waals surface area contributed by atoms with Gasteiger partial charge in [-0.05, 0) is 13.8 Å². The van der Waals surface area contributed by atoms with Crippen LogP contribution in [0.3, 0.4) is 0 Å². The van der Waals surface area contributed by atoms with Gasteiger partial charge in [0.15, 0.2) is 5.82 Å². The van der Waals surface area contributed by atoms with Crippen LogP contribution in [0.2, 0.25) is 0 Å². The van der Waals surface area contributed by atoms with Crippen LogP contribution >= 0.6 is 0 Å². The lowest BCUT2D eigenvalue weighted by molar-refractivity contribution is -0.129. The minimum Gasteiger partial charge on any atom is -0.361 e. The number of benzene rings is 1. The largest absolute Gasteiger partial charge is 0.361 e. The normalized spacial score (nSPS) is 15.1. The van der Waals surface area contributed by atoms with Gasteiger partial charge in [0.1, 0.15) is 5.82 Å². The third-order valence-corrected chi connectivity index (χ3v) is 6.10. The molecule has 0 bridgehead atoms. The standard InChI is InChI=1S/C23H25F3N6O2/c1-13(16-5-4-6-17(21(16)24)22(25)26)27-23-19-12-32(20(34)11-18(19)14(2)28-29-23)31-9-7-30(8-10-31)15(3)33/h4-6,11-13,22H,7-10H2,1-3H3,(H,27,29)/t13-/m1/s1. The Morgan fingerprint density at radius 3 is 2.41 bits per heavy atom. The molecule has 1 aromatic carbocycles. The molecule has 180 valence electrons. The van der Waals surface area contributed by atoms with Crippen molar-refractivity contribution < 1.29 is 18.0 Å². The smallest absolute Gasteiger partial charge is 0.269 e. The van der Waals surface area contributed by atoms with Crippen molar-refractivity contribution in [1.29, 1.82) is 0 Å². The maximum atomic E-state index is 14.7. The first-order chi connectivity index (χ1) is 16.2. The topological polar surface area (TPSA) is 83.4 Å². The number of anilines is 1. The number of halogens is 3. The van der Waals surface area contributed by atoms with Gasteiger partial charge in [0, 0.05) is 48.6 Å². The van der Waals surface area contributed by atoms with E-state index in [9.17, 15) is 22.8 Å². The van der Waals surface area contributed by atoms with Gasteiger partial charge >= 0.3 is 0 Å². The Bertz CT molecular complexity index is 1290. The third-order valence-electron chi connectivity index (χ3n) is 6.10. The quantitative estimate of drug-likeness (QED) is 0.612. The molecule has 0 spiro atoms. The number of fused-ring (bicyclic) bond motifs is 1. The van der Waals surface area contributed by atoms with Gasteiger partial charge in [0.05, 0.1) is 30.4 Å². The van der Waals surface area contributed by atoms with Gasteiger partial charge in [-0.3, -0.25) is 9.59 Å². The molecule has 1 fully saturated rings. The number of rotatable bonds is 5. The Balaban J connectivity index is 1.70. The fourth-order valence-electron chi connectivity index (χ4n) is 4.15. The van der Waals surface area contributed by atoms with Crippen LogP contribution in [-0.4, -0.2) is 51.9 Å². The molecule has 0 saturated carbocycles. The number of alkyl halides is 2. The van der Waals surface area contributed by atoms with Crippen LogP contribution in [-0.2, 0) is 4.79 Å². The summed E-state index contributed by atoms with van der Waals surface area (Å²) in [6.07, 6.45) is -1.28. The van der Waals surface area contributed by atoms with Gasteiger partial charge in [-0.25, -0.2) is 17.8 Å². The molecule has 1 atom stereocenters. The first-order valence-corrected chi connectivity index (χ1v) is 10.9. The molecule has 34 heavy (non-hydrogen) atoms. The van der Waals surface area contributed by atoms with Crippen molar-refractivity contribution in [1.82, 2.24) is 19.8 Å². The van der Waals surface area contributed by atoms with E-state index in [1.165, 1.54) is 29.8 Å². The molecule has 1 aliphatic rings. The molecule has 1 N–H and O–H groups in total. The van der Waals surface area contributed by atoms with Crippen molar-refractivity contribution >= 4 is 22.5 Å². The number of nitrogens with one attached hydrogen (secondary N) is 1. The van der Waals surface area contributed by atoms with Crippen LogP contribution in [0.5, 0.6) is 0 Å². The van der Waals surface area contributed by atoms with Gasteiger partial charge < -0.3 is 15.2 Å². The highest BCUT2D eigenvalue weighted by atomic mass is 19.3. The van der Waals surface area contributed by atoms with Crippen LogP contribution in [0, 0.1) is 12.7 Å². The number of piperazine rings is 1. The van der Waals surface area contributed by atoms with E-state index in [2.05, 4.69) is 15.5 Å². The summed E-state index contributed by atoms with van der Waals surface area (Å²) in [6, 6.07) is 4.65. The summed E-state index contributed by atoms with van der Waals surface area (Å²) < 4.78 is 42.4. The number of hydrogen-bond acceptors (Lipinski definition) is 6. The minimum absolute atomic E-state index is 0.0139. The summed E-state index contributed by atoms with van der Waals surface area (Å²) in [5.74, 6) is -0.687. The average Bonchev–Trinajstić information content (AvgIpc) is 2.80. The van der Waals surface area contributed by atoms with E-state index in [1.807, 2.05) is 5.01 Å². The van der Waals surface area contributed by atoms with E-state index in [0.29, 0.717) is 48.5 Å². The molecule has 1 amide bonds. The van der Waals surface area contributed by atoms with Crippen LogP contribution in [0.15, 0.2) is 35.3 Å². The number of aromatic nitrogens is 3. The van der Waals surface area contributed by atoms with Crippen molar-refractivity contribution in [3.8, 4) is 0 Å². The van der Waals surface area contributed by atoms with Crippen LogP contribution in [0.1, 0.15) is 43.1 Å². The molecule has 0 aliphatic carbocycles. The van der Waals surface area contributed by atoms with Crippen molar-refractivity contribution in [2.24, 2.45) is 0 Å². The summed E-state index contributed by atoms with van der Waals surface area (Å²) in [6.45, 7) is 6.82. The van der Waals surface area contributed by atoms with E-state index in [0.717, 1.165) is 6.07 Å². The Labute approximate surface area is 194 Å². The molecule has 11 heteroatoms. The zero-order valence-electron chi connectivity index (χ0n) is 19.1. The highest BCUT2D eigenvalue weighted by Gasteiger charge is 2.23. The Morgan fingerprint density at radius 2 is 1.76 bits per heavy atom. The summed E-state index contributed by atoms with van der Waals surface area (Å²) >= 11 is 0. The maximum absolute atomic E-state index is 14.7. The summed E-state index contributed by atoms with van der Waals surface area (Å²) in [4.78, 5) is 26.2. The lowest BCUT2D eigenvalue weighted by Gasteiger charge is -2.36. The molecule has 3 aromatic rings. The van der Waals surface area contributed by atoms with Crippen molar-refractivity contribution in [2.75, 3.05) is 36.5 Å². The minimum atomic E-state index is -2.93. The number of nitrogens with zero attached hydrogens (tertiary/aromatic N) is 5. The average molecular weight is 474 g/mol. The first kappa shape index (κ1) is 23.5. The zero-order valence-corrected chi connectivity index (χ0v) is 19.1. The highest BCUT2D eigenvalue weighted by Crippen LogP contribution is 2.30. The number of hydrogen-bond donors (Lipinski definition) is 1. The van der Waals surface area contributed by atoms with E-state index >= 15 is 0 Å². The second kappa shape index (κ2) is 9.32. The lowest BCUT2D eigenvalue weighted by atomic mass is 10.0. The fourth-order valence-corrected chi connectivity index (χ4v) is 4.15. The molecular formula is C23H25F3N6O2. The first-order valence-electron chi connectivity index (χ1n) is 10.9. The molecule has 0 radical (unpaired) electrons. The van der Waals surface area contributed by atoms with E-state index in [4.69, 9.17) is 0 Å². The third kappa shape index (κ3) is 4.42. The van der Waals surface area contributed by atoms with Crippen LogP contribution in [0.4, 0.5) is 19.0 Å². The Hall–Kier alpha value is -3.63. The number of carbonyl (C=O) groups excluding carboxylic acids is 1. The molecule has 2 aromatic heterocycles. The molecule has 1 aliphatic heterocycles. The number of amides is 1. The molecule has 8 nitrogen and oxygen atoms in total. The zero-order chi connectivity index (χ0) is 24.6. The molecule has 0 unspecified atom stereocenters. The second-order valence-corrected chi connectivity index (χ2v) is 8.29. The van der Waals surface area contributed by atoms with Crippen LogP contribution in [0.25, 0.3) is 10.8 Å². The summed E-state index contributed by atoms with van der Waals surface area (Å²) in [5.41, 5.74) is -0.300. The van der Waals surface area contributed by atoms with Crippen molar-refractivity contribution in [2.45, 2.75) is 33.2 Å². The number of pyridine rings is 1. The van der Waals surface area contributed by atoms with Gasteiger partial charge in [-0.1, -0.05) is 18.2 Å². The molecule has 4 rings (SSSR count). The van der Waals surface area contributed by atoms with Crippen molar-refractivity contribution in [3.05, 3.63) is 63.5 Å². The lowest BCUT2D eigenvalue weighted by Crippen LogP contribution is -2.54. The number of aryl methyl sites for hydroxylation is 1. The summed E-state index contributed by atoms with van der Waals surface area (Å²) in [7, 11) is 0. The fraction of sp³-hybridized carbons (Fsp3) is 0.391. The van der Waals surface area contributed by atoms with Gasteiger partial charge in [-0.15, -0.1) is 5.10 Å². The van der Waals surface area contributed by atoms with Crippen LogP contribution < -0.4 is 15.9 Å².